The van der Waals surface area contributed by atoms with Gasteiger partial charge in [-0.05, 0) is 74.1 Å². The molecule has 0 radical (unpaired) electrons. The van der Waals surface area contributed by atoms with Crippen LogP contribution >= 0.6 is 0 Å². The van der Waals surface area contributed by atoms with E-state index in [9.17, 15) is 0 Å². The van der Waals surface area contributed by atoms with E-state index >= 15 is 0 Å². The summed E-state index contributed by atoms with van der Waals surface area (Å²) in [6.45, 7) is 18.9. The monoisotopic (exact) mass is 540 g/mol. The summed E-state index contributed by atoms with van der Waals surface area (Å²) in [5.41, 5.74) is 8.25. The summed E-state index contributed by atoms with van der Waals surface area (Å²) in [5, 5.41) is 0. The molecule has 0 amide bonds. The third-order valence-corrected chi connectivity index (χ3v) is 6.18. The predicted octanol–water partition coefficient (Wildman–Crippen LogP) is 8.14. The Kier molecular flexibility index (Phi) is 25.1. The van der Waals surface area contributed by atoms with E-state index in [0.29, 0.717) is 5.92 Å². The molecule has 3 rings (SSSR count). The van der Waals surface area contributed by atoms with Gasteiger partial charge in [-0.3, -0.25) is 0 Å². The molecule has 0 N–H and O–H groups in total. The van der Waals surface area contributed by atoms with Crippen LogP contribution in [-0.2, 0) is 31.9 Å². The van der Waals surface area contributed by atoms with Gasteiger partial charge in [0, 0.05) is 0 Å². The molecule has 0 heterocycles. The van der Waals surface area contributed by atoms with Gasteiger partial charge in [-0.15, -0.1) is 0 Å². The quantitative estimate of drug-likeness (QED) is 0.150. The Bertz CT molecular complexity index is 986. The first kappa shape index (κ1) is 38.8. The fourth-order valence-corrected chi connectivity index (χ4v) is 4.08. The largest absolute Gasteiger partial charge is 1.00 e. The van der Waals surface area contributed by atoms with Crippen LogP contribution in [0.4, 0.5) is 0 Å². The van der Waals surface area contributed by atoms with E-state index in [2.05, 4.69) is 114 Å². The van der Waals surface area contributed by atoms with Crippen LogP contribution in [0.2, 0.25) is 0 Å². The van der Waals surface area contributed by atoms with Gasteiger partial charge in [-0.2, -0.15) is 4.90 Å². The normalized spacial score (nSPS) is 9.84. The summed E-state index contributed by atoms with van der Waals surface area (Å²) in [5.74, 6) is 0.710. The summed E-state index contributed by atoms with van der Waals surface area (Å²) >= 11 is 5.19. The second-order valence-corrected chi connectivity index (χ2v) is 9.86. The van der Waals surface area contributed by atoms with E-state index in [-0.39, 0.29) is 29.6 Å². The molecule has 0 nitrogen and oxygen atoms in total. The fraction of sp³-hybridized carbons (Fsp3) is 0.444. The predicted molar refractivity (Wildman–Crippen MR) is 172 cm³/mol. The molecule has 0 fully saturated rings. The van der Waals surface area contributed by atoms with Crippen molar-refractivity contribution in [1.29, 1.82) is 0 Å². The van der Waals surface area contributed by atoms with Crippen molar-refractivity contribution in [1.82, 2.24) is 0 Å². The molecule has 0 saturated heterocycles. The van der Waals surface area contributed by atoms with E-state index in [1.54, 1.807) is 0 Å². The number of hydrogen-bond acceptors (Lipinski definition) is 1. The molecule has 0 aromatic heterocycles. The molecular formula is C36H53NaS. The topological polar surface area (TPSA) is 0 Å². The number of hydrogen-bond donors (Lipinski definition) is 0. The van der Waals surface area contributed by atoms with Crippen LogP contribution in [-0.4, -0.2) is 0 Å². The summed E-state index contributed by atoms with van der Waals surface area (Å²) in [6, 6.07) is 24.0. The van der Waals surface area contributed by atoms with Gasteiger partial charge < -0.3 is 12.6 Å². The van der Waals surface area contributed by atoms with Crippen molar-refractivity contribution in [2.24, 2.45) is 5.92 Å². The average Bonchev–Trinajstić information content (AvgIpc) is 2.91. The van der Waals surface area contributed by atoms with Gasteiger partial charge in [0.15, 0.2) is 0 Å². The van der Waals surface area contributed by atoms with Crippen molar-refractivity contribution >= 4 is 18.7 Å². The van der Waals surface area contributed by atoms with Crippen molar-refractivity contribution in [3.63, 3.8) is 0 Å². The molecule has 0 spiro atoms. The molecule has 0 unspecified atom stereocenters. The molecule has 0 bridgehead atoms. The molecule has 0 aliphatic rings. The number of benzene rings is 3. The Balaban J connectivity index is 0. The molecule has 0 saturated carbocycles. The maximum Gasteiger partial charge on any atom is 1.00 e. The molecule has 3 aromatic rings. The van der Waals surface area contributed by atoms with E-state index in [1.165, 1.54) is 59.1 Å². The molecule has 0 atom stereocenters. The third-order valence-electron chi connectivity index (χ3n) is 5.74. The zero-order valence-electron chi connectivity index (χ0n) is 26.2. The second-order valence-electron chi connectivity index (χ2n) is 9.42. The second kappa shape index (κ2) is 24.6. The Morgan fingerprint density at radius 3 is 1.89 bits per heavy atom. The zero-order valence-corrected chi connectivity index (χ0v) is 29.1. The Morgan fingerprint density at radius 2 is 1.37 bits per heavy atom. The summed E-state index contributed by atoms with van der Waals surface area (Å²) in [4.78, 5) is 0.994. The smallest absolute Gasteiger partial charge is 0.779 e. The van der Waals surface area contributed by atoms with Crippen molar-refractivity contribution in [3.05, 3.63) is 106 Å². The Hall–Kier alpha value is -1.38. The maximum absolute atomic E-state index is 5.19. The number of allylic oxidation sites excluding steroid dienone is 1. The number of rotatable bonds is 9. The van der Waals surface area contributed by atoms with Gasteiger partial charge in [0.25, 0.3) is 0 Å². The van der Waals surface area contributed by atoms with Crippen molar-refractivity contribution in [2.45, 2.75) is 106 Å². The molecule has 0 aliphatic heterocycles. The van der Waals surface area contributed by atoms with Gasteiger partial charge in [0.1, 0.15) is 0 Å². The van der Waals surface area contributed by atoms with E-state index < -0.39 is 0 Å². The minimum Gasteiger partial charge on any atom is -0.779 e. The van der Waals surface area contributed by atoms with E-state index in [0.717, 1.165) is 17.7 Å². The average molecular weight is 541 g/mol. The van der Waals surface area contributed by atoms with Gasteiger partial charge in [-0.25, -0.2) is 0 Å². The molecule has 38 heavy (non-hydrogen) atoms. The van der Waals surface area contributed by atoms with Crippen LogP contribution < -0.4 is 29.6 Å². The summed E-state index contributed by atoms with van der Waals surface area (Å²) < 4.78 is 0. The first-order valence-corrected chi connectivity index (χ1v) is 14.9. The standard InChI is InChI=1S/C21H26.C11H16S.2C2H6.Na/c1-3-9-20-12-7-8-13-21(20)11-6-4-5-10-19-16-14-18(2)15-17-19;1-8(2)6-10-5-4-9(3)11(12)7-10;2*1-2;/h5,7-8,10,12-17H,3-4,6,9,11H2,1-2H3;4-5,7-8,12H,6H2,1-3H3;2*1-2H3;/q;;;;+1/p-1/b10-5-;;;;. The SMILES string of the molecule is CC.CC.CCCc1ccccc1CCC/C=C\c1ccc(C)cc1.Cc1ccc(CC(C)C)cc1[S-].[Na+]. The van der Waals surface area contributed by atoms with Crippen LogP contribution in [0.25, 0.3) is 6.08 Å². The van der Waals surface area contributed by atoms with E-state index in [4.69, 9.17) is 12.6 Å². The minimum absolute atomic E-state index is 0. The third kappa shape index (κ3) is 17.3. The first-order chi connectivity index (χ1) is 17.9. The van der Waals surface area contributed by atoms with Gasteiger partial charge in [0.05, 0.1) is 0 Å². The summed E-state index contributed by atoms with van der Waals surface area (Å²) in [6.07, 6.45) is 11.7. The van der Waals surface area contributed by atoms with Crippen LogP contribution in [0.1, 0.15) is 101 Å². The van der Waals surface area contributed by atoms with Crippen molar-refractivity contribution in [3.8, 4) is 0 Å². The summed E-state index contributed by atoms with van der Waals surface area (Å²) in [7, 11) is 0. The van der Waals surface area contributed by atoms with Gasteiger partial charge in [-0.1, -0.05) is 145 Å². The number of unbranched alkanes of at least 4 members (excludes halogenated alkanes) is 1. The molecule has 204 valence electrons. The van der Waals surface area contributed by atoms with Gasteiger partial charge >= 0.3 is 29.6 Å². The Labute approximate surface area is 264 Å². The molecule has 3 aromatic carbocycles. The van der Waals surface area contributed by atoms with Crippen LogP contribution in [0, 0.1) is 19.8 Å². The van der Waals surface area contributed by atoms with Crippen LogP contribution in [0.3, 0.4) is 0 Å². The fourth-order valence-electron chi connectivity index (χ4n) is 3.86. The zero-order chi connectivity index (χ0) is 28.1. The van der Waals surface area contributed by atoms with Gasteiger partial charge in [0.2, 0.25) is 0 Å². The molecular weight excluding hydrogens is 487 g/mol. The maximum atomic E-state index is 5.19. The van der Waals surface area contributed by atoms with Crippen molar-refractivity contribution in [2.75, 3.05) is 0 Å². The molecule has 2 heteroatoms. The minimum atomic E-state index is 0. The Morgan fingerprint density at radius 1 is 0.789 bits per heavy atom. The van der Waals surface area contributed by atoms with E-state index in [1.807, 2.05) is 27.7 Å². The van der Waals surface area contributed by atoms with Crippen LogP contribution in [0.5, 0.6) is 0 Å². The molecule has 0 aliphatic carbocycles. The first-order valence-electron chi connectivity index (χ1n) is 14.5. The van der Waals surface area contributed by atoms with Crippen LogP contribution in [0.15, 0.2) is 77.7 Å². The number of aryl methyl sites for hydroxylation is 4. The van der Waals surface area contributed by atoms with Crippen molar-refractivity contribution < 1.29 is 29.6 Å².